The van der Waals surface area contributed by atoms with Crippen molar-refractivity contribution in [3.8, 4) is 0 Å². The van der Waals surface area contributed by atoms with Crippen LogP contribution in [-0.2, 0) is 4.79 Å². The third kappa shape index (κ3) is 2.30. The molecule has 0 saturated heterocycles. The Morgan fingerprint density at radius 2 is 2.42 bits per heavy atom. The first-order valence-corrected chi connectivity index (χ1v) is 4.57. The number of nitrogens with zero attached hydrogens (tertiary/aromatic N) is 1. The molecular weight excluding hydrogens is 172 g/mol. The fraction of sp³-hybridized carbons (Fsp3) is 0.500. The van der Waals surface area contributed by atoms with Gasteiger partial charge in [0, 0.05) is 11.8 Å². The molecule has 1 unspecified atom stereocenters. The van der Waals surface area contributed by atoms with Gasteiger partial charge >= 0.3 is 0 Å². The number of aryl methyl sites for hydroxylation is 1. The zero-order chi connectivity index (χ0) is 9.14. The van der Waals surface area contributed by atoms with Crippen LogP contribution in [0.2, 0.25) is 0 Å². The average Bonchev–Trinajstić information content (AvgIpc) is 2.34. The summed E-state index contributed by atoms with van der Waals surface area (Å²) in [6, 6.07) is 2.01. The number of amides is 1. The summed E-state index contributed by atoms with van der Waals surface area (Å²) >= 11 is 1.46. The summed E-state index contributed by atoms with van der Waals surface area (Å²) in [4.78, 5) is 11.9. The van der Waals surface area contributed by atoms with E-state index in [0.29, 0.717) is 0 Å². The fourth-order valence-electron chi connectivity index (χ4n) is 0.969. The molecule has 0 aliphatic carbocycles. The predicted molar refractivity (Wildman–Crippen MR) is 49.1 cm³/mol. The van der Waals surface area contributed by atoms with Crippen LogP contribution >= 0.6 is 11.5 Å². The molecule has 1 N–H and O–H groups in total. The van der Waals surface area contributed by atoms with Crippen molar-refractivity contribution in [2.45, 2.75) is 26.8 Å². The van der Waals surface area contributed by atoms with Crippen molar-refractivity contribution in [1.82, 2.24) is 9.69 Å². The summed E-state index contributed by atoms with van der Waals surface area (Å²) in [5.74, 6) is -0.0202. The van der Waals surface area contributed by atoms with Crippen molar-refractivity contribution in [1.29, 1.82) is 0 Å². The predicted octanol–water partition coefficient (Wildman–Crippen LogP) is 1.65. The van der Waals surface area contributed by atoms with E-state index in [1.165, 1.54) is 23.3 Å². The Hall–Kier alpha value is -0.900. The highest BCUT2D eigenvalue weighted by Crippen LogP contribution is 2.15. The second-order valence-corrected chi connectivity index (χ2v) is 3.79. The van der Waals surface area contributed by atoms with E-state index in [1.54, 1.807) is 0 Å². The molecule has 1 amide bonds. The Morgan fingerprint density at radius 1 is 1.75 bits per heavy atom. The first-order chi connectivity index (χ1) is 5.59. The molecule has 0 fully saturated rings. The minimum absolute atomic E-state index is 0.0202. The first-order valence-electron chi connectivity index (χ1n) is 3.80. The van der Waals surface area contributed by atoms with Gasteiger partial charge in [0.05, 0.1) is 11.7 Å². The number of rotatable bonds is 2. The molecule has 0 aromatic carbocycles. The highest BCUT2D eigenvalue weighted by atomic mass is 32.1. The standard InChI is InChI=1S/C8H12N2OS/c1-5-4-8(10-12-5)6(2)9-7(3)11/h4,6H,1-3H3,(H,9,11). The maximum Gasteiger partial charge on any atom is 0.217 e. The molecule has 1 aromatic heterocycles. The first kappa shape index (κ1) is 9.19. The van der Waals surface area contributed by atoms with Crippen molar-refractivity contribution in [2.75, 3.05) is 0 Å². The highest BCUT2D eigenvalue weighted by molar-refractivity contribution is 7.05. The van der Waals surface area contributed by atoms with Crippen LogP contribution < -0.4 is 5.32 Å². The molecule has 0 aliphatic rings. The zero-order valence-corrected chi connectivity index (χ0v) is 8.23. The molecule has 0 aliphatic heterocycles. The number of aromatic nitrogens is 1. The lowest BCUT2D eigenvalue weighted by Gasteiger charge is -2.08. The molecule has 3 nitrogen and oxygen atoms in total. The molecule has 1 atom stereocenters. The molecule has 0 saturated carbocycles. The topological polar surface area (TPSA) is 42.0 Å². The minimum Gasteiger partial charge on any atom is -0.348 e. The summed E-state index contributed by atoms with van der Waals surface area (Å²) < 4.78 is 4.20. The average molecular weight is 184 g/mol. The van der Waals surface area contributed by atoms with Gasteiger partial charge in [-0.1, -0.05) is 0 Å². The van der Waals surface area contributed by atoms with Crippen LogP contribution in [0.25, 0.3) is 0 Å². The van der Waals surface area contributed by atoms with E-state index >= 15 is 0 Å². The second kappa shape index (κ2) is 3.67. The van der Waals surface area contributed by atoms with E-state index < -0.39 is 0 Å². The molecule has 1 aromatic rings. The number of carbonyl (C=O) groups is 1. The molecule has 1 heterocycles. The van der Waals surface area contributed by atoms with Crippen LogP contribution in [0.3, 0.4) is 0 Å². The molecular formula is C8H12N2OS. The zero-order valence-electron chi connectivity index (χ0n) is 7.42. The largest absolute Gasteiger partial charge is 0.348 e. The van der Waals surface area contributed by atoms with Crippen LogP contribution in [0.5, 0.6) is 0 Å². The third-order valence-electron chi connectivity index (χ3n) is 1.51. The van der Waals surface area contributed by atoms with E-state index in [9.17, 15) is 4.79 Å². The van der Waals surface area contributed by atoms with Crippen LogP contribution in [0.15, 0.2) is 6.07 Å². The van der Waals surface area contributed by atoms with Crippen LogP contribution in [0, 0.1) is 6.92 Å². The summed E-state index contributed by atoms with van der Waals surface area (Å²) in [7, 11) is 0. The van der Waals surface area contributed by atoms with Crippen LogP contribution in [-0.4, -0.2) is 10.3 Å². The van der Waals surface area contributed by atoms with Crippen LogP contribution in [0.4, 0.5) is 0 Å². The Labute approximate surface area is 76.0 Å². The van der Waals surface area contributed by atoms with Gasteiger partial charge < -0.3 is 5.32 Å². The van der Waals surface area contributed by atoms with E-state index in [4.69, 9.17) is 0 Å². The fourth-order valence-corrected chi connectivity index (χ4v) is 1.60. The lowest BCUT2D eigenvalue weighted by atomic mass is 10.2. The van der Waals surface area contributed by atoms with E-state index in [2.05, 4.69) is 9.69 Å². The van der Waals surface area contributed by atoms with Crippen molar-refractivity contribution >= 4 is 17.4 Å². The van der Waals surface area contributed by atoms with E-state index in [0.717, 1.165) is 5.69 Å². The molecule has 1 rings (SSSR count). The molecule has 4 heteroatoms. The molecule has 0 bridgehead atoms. The third-order valence-corrected chi connectivity index (χ3v) is 2.22. The Kier molecular flexibility index (Phi) is 2.81. The maximum absolute atomic E-state index is 10.7. The van der Waals surface area contributed by atoms with Gasteiger partial charge in [0.1, 0.15) is 0 Å². The van der Waals surface area contributed by atoms with Gasteiger partial charge in [0.2, 0.25) is 5.91 Å². The quantitative estimate of drug-likeness (QED) is 0.759. The van der Waals surface area contributed by atoms with Gasteiger partial charge in [0.15, 0.2) is 0 Å². The Bertz CT molecular complexity index is 282. The SMILES string of the molecule is CC(=O)NC(C)c1cc(C)sn1. The summed E-state index contributed by atoms with van der Waals surface area (Å²) in [6.07, 6.45) is 0. The minimum atomic E-state index is -0.0202. The van der Waals surface area contributed by atoms with Crippen molar-refractivity contribution in [3.63, 3.8) is 0 Å². The van der Waals surface area contributed by atoms with Gasteiger partial charge in [-0.15, -0.1) is 0 Å². The molecule has 0 radical (unpaired) electrons. The summed E-state index contributed by atoms with van der Waals surface area (Å²) in [6.45, 7) is 5.44. The van der Waals surface area contributed by atoms with E-state index in [1.807, 2.05) is 19.9 Å². The lowest BCUT2D eigenvalue weighted by Crippen LogP contribution is -2.23. The Morgan fingerprint density at radius 3 is 2.83 bits per heavy atom. The van der Waals surface area contributed by atoms with Gasteiger partial charge in [-0.2, -0.15) is 4.37 Å². The number of nitrogens with one attached hydrogen (secondary N) is 1. The van der Waals surface area contributed by atoms with Gasteiger partial charge in [-0.25, -0.2) is 0 Å². The highest BCUT2D eigenvalue weighted by Gasteiger charge is 2.08. The van der Waals surface area contributed by atoms with Gasteiger partial charge in [-0.05, 0) is 31.4 Å². The van der Waals surface area contributed by atoms with Crippen LogP contribution in [0.1, 0.15) is 30.5 Å². The molecule has 66 valence electrons. The Balaban J connectivity index is 2.64. The summed E-state index contributed by atoms with van der Waals surface area (Å²) in [5, 5.41) is 2.78. The monoisotopic (exact) mass is 184 g/mol. The maximum atomic E-state index is 10.7. The van der Waals surface area contributed by atoms with Crippen molar-refractivity contribution in [3.05, 3.63) is 16.6 Å². The number of carbonyl (C=O) groups excluding carboxylic acids is 1. The number of hydrogen-bond donors (Lipinski definition) is 1. The number of hydrogen-bond acceptors (Lipinski definition) is 3. The van der Waals surface area contributed by atoms with Crippen molar-refractivity contribution in [2.24, 2.45) is 0 Å². The molecule has 12 heavy (non-hydrogen) atoms. The van der Waals surface area contributed by atoms with Gasteiger partial charge in [0.25, 0.3) is 0 Å². The lowest BCUT2D eigenvalue weighted by molar-refractivity contribution is -0.119. The second-order valence-electron chi connectivity index (χ2n) is 2.78. The summed E-state index contributed by atoms with van der Waals surface area (Å²) in [5.41, 5.74) is 0.938. The smallest absolute Gasteiger partial charge is 0.217 e. The van der Waals surface area contributed by atoms with Gasteiger partial charge in [-0.3, -0.25) is 4.79 Å². The van der Waals surface area contributed by atoms with E-state index in [-0.39, 0.29) is 11.9 Å². The normalized spacial score (nSPS) is 12.6. The van der Waals surface area contributed by atoms with Crippen molar-refractivity contribution < 1.29 is 4.79 Å². The molecule has 0 spiro atoms.